The molecule has 0 bridgehead atoms. The van der Waals surface area contributed by atoms with Crippen LogP contribution in [-0.4, -0.2) is 64.4 Å². The van der Waals surface area contributed by atoms with E-state index in [9.17, 15) is 19.8 Å². The molecule has 0 aliphatic carbocycles. The summed E-state index contributed by atoms with van der Waals surface area (Å²) in [5, 5.41) is 24.2. The van der Waals surface area contributed by atoms with Gasteiger partial charge in [0.05, 0.1) is 17.8 Å². The number of rotatable bonds is 6. The molecule has 0 fully saturated rings. The van der Waals surface area contributed by atoms with E-state index in [1.165, 1.54) is 0 Å². The topological polar surface area (TPSA) is 120 Å². The quantitative estimate of drug-likeness (QED) is 0.441. The van der Waals surface area contributed by atoms with Gasteiger partial charge in [-0.25, -0.2) is 4.79 Å². The summed E-state index contributed by atoms with van der Waals surface area (Å²) in [7, 11) is 6.06. The summed E-state index contributed by atoms with van der Waals surface area (Å²) >= 11 is 0. The lowest BCUT2D eigenvalue weighted by Crippen LogP contribution is -2.26. The molecule has 0 radical (unpaired) electrons. The van der Waals surface area contributed by atoms with Gasteiger partial charge in [0.2, 0.25) is 0 Å². The number of carboxylic acid groups (broad SMARTS) is 1. The van der Waals surface area contributed by atoms with Crippen molar-refractivity contribution in [3.63, 3.8) is 0 Å². The van der Waals surface area contributed by atoms with Gasteiger partial charge >= 0.3 is 5.97 Å². The van der Waals surface area contributed by atoms with E-state index in [4.69, 9.17) is 4.74 Å². The number of aryl methyl sites for hydroxylation is 1. The largest absolute Gasteiger partial charge is 0.506 e. The number of hydrogen-bond donors (Lipinski definition) is 4. The van der Waals surface area contributed by atoms with Gasteiger partial charge in [-0.3, -0.25) is 4.79 Å². The highest BCUT2D eigenvalue weighted by molar-refractivity contribution is 5.94. The number of H-pyrrole nitrogens is 1. The molecule has 0 saturated heterocycles. The van der Waals surface area contributed by atoms with Gasteiger partial charge in [0, 0.05) is 61.4 Å². The van der Waals surface area contributed by atoms with Crippen molar-refractivity contribution < 1.29 is 19.7 Å². The van der Waals surface area contributed by atoms with E-state index in [0.717, 1.165) is 29.7 Å². The molecule has 0 amide bonds. The second-order valence-corrected chi connectivity index (χ2v) is 8.02. The first-order valence-corrected chi connectivity index (χ1v) is 10.1. The monoisotopic (exact) mass is 426 g/mol. The number of aromatic hydroxyl groups is 1. The van der Waals surface area contributed by atoms with E-state index in [2.05, 4.69) is 25.8 Å². The Kier molecular flexibility index (Phi) is 5.47. The highest BCUT2D eigenvalue weighted by Gasteiger charge is 2.26. The van der Waals surface area contributed by atoms with Gasteiger partial charge in [-0.15, -0.1) is 0 Å². The lowest BCUT2D eigenvalue weighted by molar-refractivity contribution is 0.0691. The molecule has 1 aromatic carbocycles. The standard InChI is InChI=1S/C22H26N4O5/c1-25(2)6-5-23-11-13-8-12-9-15-17(10-16(12)26(13)3)31-7-4-14-19(15)24-21(28)18(20(14)27)22(29)30/h8-10,23H,4-7,11H2,1-3H3,(H,29,30)(H2,24,27,28). The molecule has 2 aromatic heterocycles. The van der Waals surface area contributed by atoms with E-state index < -0.39 is 22.8 Å². The predicted molar refractivity (Wildman–Crippen MR) is 117 cm³/mol. The SMILES string of the molecule is CN(C)CCNCc1cc2cc3c(cc2n1C)OCCc1c-3[nH]c(=O)c(C(=O)O)c1O. The number of nitrogens with one attached hydrogen (secondary N) is 2. The number of nitrogens with zero attached hydrogens (tertiary/aromatic N) is 2. The number of benzene rings is 1. The van der Waals surface area contributed by atoms with Crippen LogP contribution < -0.4 is 15.6 Å². The molecule has 9 nitrogen and oxygen atoms in total. The van der Waals surface area contributed by atoms with Crippen LogP contribution >= 0.6 is 0 Å². The van der Waals surface area contributed by atoms with E-state index in [-0.39, 0.29) is 13.0 Å². The predicted octanol–water partition coefficient (Wildman–Crippen LogP) is 1.52. The summed E-state index contributed by atoms with van der Waals surface area (Å²) in [5.41, 5.74) is 2.01. The number of ether oxygens (including phenoxy) is 1. The Morgan fingerprint density at radius 3 is 2.81 bits per heavy atom. The second-order valence-electron chi connectivity index (χ2n) is 8.02. The molecule has 1 aliphatic heterocycles. The van der Waals surface area contributed by atoms with Crippen molar-refractivity contribution >= 4 is 16.9 Å². The number of aromatic amines is 1. The normalized spacial score (nSPS) is 13.0. The molecule has 1 aliphatic rings. The summed E-state index contributed by atoms with van der Waals surface area (Å²) in [6.45, 7) is 2.78. The van der Waals surface area contributed by atoms with Crippen LogP contribution in [0.3, 0.4) is 0 Å². The van der Waals surface area contributed by atoms with Gasteiger partial charge in [-0.2, -0.15) is 0 Å². The first-order chi connectivity index (χ1) is 14.8. The van der Waals surface area contributed by atoms with Gasteiger partial charge in [-0.05, 0) is 26.2 Å². The Hall–Kier alpha value is -3.30. The minimum atomic E-state index is -1.46. The minimum Gasteiger partial charge on any atom is -0.506 e. The van der Waals surface area contributed by atoms with Crippen LogP contribution in [0.1, 0.15) is 21.6 Å². The minimum absolute atomic E-state index is 0.257. The summed E-state index contributed by atoms with van der Waals surface area (Å²) in [6, 6.07) is 5.91. The number of pyridine rings is 1. The number of aromatic nitrogens is 2. The van der Waals surface area contributed by atoms with Crippen molar-refractivity contribution in [2.75, 3.05) is 33.8 Å². The van der Waals surface area contributed by atoms with E-state index in [1.807, 2.05) is 33.3 Å². The molecule has 0 atom stereocenters. The van der Waals surface area contributed by atoms with Gasteiger partial charge in [0.15, 0.2) is 5.56 Å². The molecule has 0 unspecified atom stereocenters. The number of aromatic carboxylic acids is 1. The first-order valence-electron chi connectivity index (χ1n) is 10.1. The fourth-order valence-electron chi connectivity index (χ4n) is 3.99. The smallest absolute Gasteiger partial charge is 0.345 e. The number of fused-ring (bicyclic) bond motifs is 4. The molecule has 3 aromatic rings. The molecule has 4 N–H and O–H groups in total. The number of likely N-dealkylation sites (N-methyl/N-ethyl adjacent to an activating group) is 1. The molecule has 4 rings (SSSR count). The van der Waals surface area contributed by atoms with Gasteiger partial charge in [-0.1, -0.05) is 0 Å². The summed E-state index contributed by atoms with van der Waals surface area (Å²) in [4.78, 5) is 28.5. The molecule has 0 spiro atoms. The summed E-state index contributed by atoms with van der Waals surface area (Å²) < 4.78 is 8.01. The highest BCUT2D eigenvalue weighted by Crippen LogP contribution is 2.40. The van der Waals surface area contributed by atoms with Crippen molar-refractivity contribution in [2.45, 2.75) is 13.0 Å². The van der Waals surface area contributed by atoms with Crippen LogP contribution in [0.5, 0.6) is 11.5 Å². The molecule has 0 saturated carbocycles. The lowest BCUT2D eigenvalue weighted by atomic mass is 9.99. The maximum absolute atomic E-state index is 12.3. The van der Waals surface area contributed by atoms with Gasteiger partial charge in [0.25, 0.3) is 5.56 Å². The van der Waals surface area contributed by atoms with Crippen LogP contribution in [0.4, 0.5) is 0 Å². The third kappa shape index (κ3) is 3.77. The van der Waals surface area contributed by atoms with Crippen LogP contribution in [-0.2, 0) is 20.0 Å². The lowest BCUT2D eigenvalue weighted by Gasteiger charge is -2.12. The van der Waals surface area contributed by atoms with Crippen LogP contribution in [0.2, 0.25) is 0 Å². The van der Waals surface area contributed by atoms with Crippen molar-refractivity contribution in [1.82, 2.24) is 19.8 Å². The van der Waals surface area contributed by atoms with Crippen molar-refractivity contribution in [3.8, 4) is 22.8 Å². The van der Waals surface area contributed by atoms with Crippen molar-refractivity contribution in [3.05, 3.63) is 45.4 Å². The second kappa shape index (κ2) is 8.09. The zero-order chi connectivity index (χ0) is 22.3. The van der Waals surface area contributed by atoms with Gasteiger partial charge in [0.1, 0.15) is 11.5 Å². The Morgan fingerprint density at radius 1 is 1.32 bits per heavy atom. The van der Waals surface area contributed by atoms with E-state index >= 15 is 0 Å². The third-order valence-electron chi connectivity index (χ3n) is 5.67. The molecule has 164 valence electrons. The first kappa shape index (κ1) is 21.0. The Morgan fingerprint density at radius 2 is 2.10 bits per heavy atom. The Balaban J connectivity index is 1.78. The summed E-state index contributed by atoms with van der Waals surface area (Å²) in [5.74, 6) is -1.38. The average Bonchev–Trinajstić information content (AvgIpc) is 2.88. The summed E-state index contributed by atoms with van der Waals surface area (Å²) in [6.07, 6.45) is 0.282. The van der Waals surface area contributed by atoms with Gasteiger partial charge < -0.3 is 34.7 Å². The van der Waals surface area contributed by atoms with Crippen LogP contribution in [0, 0.1) is 0 Å². The fourth-order valence-corrected chi connectivity index (χ4v) is 3.99. The van der Waals surface area contributed by atoms with Crippen LogP contribution in [0.25, 0.3) is 22.2 Å². The molecule has 31 heavy (non-hydrogen) atoms. The van der Waals surface area contributed by atoms with E-state index in [0.29, 0.717) is 29.1 Å². The zero-order valence-corrected chi connectivity index (χ0v) is 17.8. The van der Waals surface area contributed by atoms with Crippen LogP contribution in [0.15, 0.2) is 23.0 Å². The third-order valence-corrected chi connectivity index (χ3v) is 5.67. The Labute approximate surface area is 178 Å². The molecule has 9 heteroatoms. The molecular weight excluding hydrogens is 400 g/mol. The van der Waals surface area contributed by atoms with E-state index in [1.54, 1.807) is 0 Å². The number of carbonyl (C=O) groups is 1. The number of hydrogen-bond acceptors (Lipinski definition) is 6. The Bertz CT molecular complexity index is 1230. The van der Waals surface area contributed by atoms with Crippen molar-refractivity contribution in [1.29, 1.82) is 0 Å². The molecular formula is C22H26N4O5. The molecule has 3 heterocycles. The fraction of sp³-hybridized carbons (Fsp3) is 0.364. The maximum atomic E-state index is 12.3. The highest BCUT2D eigenvalue weighted by atomic mass is 16.5. The zero-order valence-electron chi connectivity index (χ0n) is 17.8. The van der Waals surface area contributed by atoms with Crippen molar-refractivity contribution in [2.24, 2.45) is 7.05 Å². The average molecular weight is 426 g/mol. The number of carboxylic acids is 1. The maximum Gasteiger partial charge on any atom is 0.345 e.